The molecule has 1 N–H and O–H groups in total. The van der Waals surface area contributed by atoms with Crippen molar-refractivity contribution in [2.24, 2.45) is 0 Å². The largest absolute Gasteiger partial charge is 0.465 e. The van der Waals surface area contributed by atoms with Gasteiger partial charge in [0.2, 0.25) is 5.91 Å². The number of likely N-dealkylation sites (N-methyl/N-ethyl adjacent to an activating group) is 1. The molecule has 1 aromatic carbocycles. The highest BCUT2D eigenvalue weighted by Gasteiger charge is 2.51. The molecule has 5 nitrogen and oxygen atoms in total. The summed E-state index contributed by atoms with van der Waals surface area (Å²) in [5, 5.41) is 8.46. The number of rotatable bonds is 2. The Morgan fingerprint density at radius 2 is 1.96 bits per heavy atom. The Labute approximate surface area is 133 Å². The van der Waals surface area contributed by atoms with E-state index in [-0.39, 0.29) is 0 Å². The zero-order valence-corrected chi connectivity index (χ0v) is 12.5. The monoisotopic (exact) mass is 354 g/mol. The topological polar surface area (TPSA) is 60.9 Å². The molecular formula is C13H11ClF4N2O3. The molecule has 10 heteroatoms. The summed E-state index contributed by atoms with van der Waals surface area (Å²) in [7, 11) is 1.06. The van der Waals surface area contributed by atoms with Crippen molar-refractivity contribution in [1.82, 2.24) is 4.90 Å². The smallest absolute Gasteiger partial charge is 0.408 e. The summed E-state index contributed by atoms with van der Waals surface area (Å²) >= 11 is 5.51. The van der Waals surface area contributed by atoms with Crippen LogP contribution in [0, 0.1) is 11.6 Å². The van der Waals surface area contributed by atoms with E-state index in [4.69, 9.17) is 16.7 Å². The molecular weight excluding hydrogens is 344 g/mol. The second-order valence-corrected chi connectivity index (χ2v) is 5.51. The molecule has 1 aromatic rings. The minimum absolute atomic E-state index is 0.294. The van der Waals surface area contributed by atoms with Gasteiger partial charge in [0, 0.05) is 19.5 Å². The number of anilines is 1. The Morgan fingerprint density at radius 3 is 2.52 bits per heavy atom. The molecule has 0 radical (unpaired) electrons. The second-order valence-electron chi connectivity index (χ2n) is 5.10. The van der Waals surface area contributed by atoms with E-state index in [0.29, 0.717) is 15.9 Å². The van der Waals surface area contributed by atoms with Crippen LogP contribution in [0.15, 0.2) is 12.1 Å². The van der Waals surface area contributed by atoms with Crippen LogP contribution >= 0.6 is 11.6 Å². The molecule has 1 unspecified atom stereocenters. The van der Waals surface area contributed by atoms with Crippen LogP contribution in [-0.4, -0.2) is 47.6 Å². The number of nitrogens with zero attached hydrogens (tertiary/aromatic N) is 2. The predicted molar refractivity (Wildman–Crippen MR) is 72.9 cm³/mol. The fraction of sp³-hybridized carbons (Fsp3) is 0.385. The Balaban J connectivity index is 2.32. The van der Waals surface area contributed by atoms with E-state index in [0.717, 1.165) is 13.1 Å². The number of amides is 2. The van der Waals surface area contributed by atoms with Gasteiger partial charge in [0.1, 0.15) is 17.7 Å². The summed E-state index contributed by atoms with van der Waals surface area (Å²) in [6.45, 7) is -1.13. The van der Waals surface area contributed by atoms with Gasteiger partial charge in [-0.15, -0.1) is 0 Å². The Kier molecular flexibility index (Phi) is 4.43. The average molecular weight is 355 g/mol. The highest BCUT2D eigenvalue weighted by molar-refractivity contribution is 6.31. The summed E-state index contributed by atoms with van der Waals surface area (Å²) < 4.78 is 53.7. The van der Waals surface area contributed by atoms with Crippen LogP contribution in [0.1, 0.15) is 6.42 Å². The number of hydrogen-bond acceptors (Lipinski definition) is 2. The van der Waals surface area contributed by atoms with Gasteiger partial charge in [-0.25, -0.2) is 22.4 Å². The molecule has 2 rings (SSSR count). The van der Waals surface area contributed by atoms with Crippen LogP contribution in [-0.2, 0) is 4.79 Å². The molecule has 0 aliphatic carbocycles. The average Bonchev–Trinajstić information content (AvgIpc) is 2.77. The van der Waals surface area contributed by atoms with Crippen molar-refractivity contribution >= 4 is 29.3 Å². The number of halogens is 5. The summed E-state index contributed by atoms with van der Waals surface area (Å²) in [5.74, 6) is -6.60. The first-order chi connectivity index (χ1) is 10.5. The number of hydrogen-bond donors (Lipinski definition) is 1. The van der Waals surface area contributed by atoms with Crippen molar-refractivity contribution in [3.8, 4) is 0 Å². The lowest BCUT2D eigenvalue weighted by Crippen LogP contribution is -2.46. The van der Waals surface area contributed by atoms with E-state index in [9.17, 15) is 27.2 Å². The van der Waals surface area contributed by atoms with Gasteiger partial charge >= 0.3 is 6.09 Å². The molecule has 1 fully saturated rings. The molecule has 1 aliphatic heterocycles. The summed E-state index contributed by atoms with van der Waals surface area (Å²) in [6.07, 6.45) is -2.70. The lowest BCUT2D eigenvalue weighted by Gasteiger charge is -2.26. The molecule has 1 atom stereocenters. The lowest BCUT2D eigenvalue weighted by atomic mass is 10.1. The highest BCUT2D eigenvalue weighted by atomic mass is 35.5. The normalized spacial score (nSPS) is 19.7. The van der Waals surface area contributed by atoms with Crippen molar-refractivity contribution in [1.29, 1.82) is 0 Å². The first-order valence-electron chi connectivity index (χ1n) is 6.33. The standard InChI is InChI=1S/C13H11ClF4N2O3/c1-19(9-2-6(14)7(15)3-8(9)16)11(21)10-4-13(17,18)5-20(10)12(22)23/h2-3,10H,4-5H2,1H3,(H,22,23). The highest BCUT2D eigenvalue weighted by Crippen LogP contribution is 2.34. The van der Waals surface area contributed by atoms with Crippen molar-refractivity contribution < 1.29 is 32.3 Å². The van der Waals surface area contributed by atoms with E-state index in [1.165, 1.54) is 0 Å². The van der Waals surface area contributed by atoms with E-state index in [2.05, 4.69) is 0 Å². The quantitative estimate of drug-likeness (QED) is 0.656. The lowest BCUT2D eigenvalue weighted by molar-refractivity contribution is -0.122. The second kappa shape index (κ2) is 5.88. The maximum atomic E-state index is 13.8. The van der Waals surface area contributed by atoms with Gasteiger partial charge in [0.15, 0.2) is 0 Å². The maximum absolute atomic E-state index is 13.8. The Morgan fingerprint density at radius 1 is 1.35 bits per heavy atom. The minimum atomic E-state index is -3.36. The molecule has 23 heavy (non-hydrogen) atoms. The number of carboxylic acid groups (broad SMARTS) is 1. The third kappa shape index (κ3) is 3.34. The van der Waals surface area contributed by atoms with Crippen molar-refractivity contribution in [2.75, 3.05) is 18.5 Å². The number of benzene rings is 1. The maximum Gasteiger partial charge on any atom is 0.408 e. The van der Waals surface area contributed by atoms with Gasteiger partial charge in [-0.3, -0.25) is 9.69 Å². The van der Waals surface area contributed by atoms with Crippen LogP contribution in [0.4, 0.5) is 28.0 Å². The SMILES string of the molecule is CN(C(=O)C1CC(F)(F)CN1C(=O)O)c1cc(Cl)c(F)cc1F. The third-order valence-corrected chi connectivity index (χ3v) is 3.77. The fourth-order valence-corrected chi connectivity index (χ4v) is 2.51. The van der Waals surface area contributed by atoms with Gasteiger partial charge in [-0.1, -0.05) is 11.6 Å². The molecule has 0 aromatic heterocycles. The Hall–Kier alpha value is -2.03. The molecule has 2 amide bonds. The minimum Gasteiger partial charge on any atom is -0.465 e. The summed E-state index contributed by atoms with van der Waals surface area (Å²) in [5.41, 5.74) is -0.443. The number of carbonyl (C=O) groups is 2. The number of alkyl halides is 2. The summed E-state index contributed by atoms with van der Waals surface area (Å²) in [4.78, 5) is 24.2. The third-order valence-electron chi connectivity index (χ3n) is 3.48. The van der Waals surface area contributed by atoms with Crippen molar-refractivity contribution in [2.45, 2.75) is 18.4 Å². The molecule has 0 bridgehead atoms. The molecule has 126 valence electrons. The molecule has 1 saturated heterocycles. The van der Waals surface area contributed by atoms with Crippen molar-refractivity contribution in [3.05, 3.63) is 28.8 Å². The Bertz CT molecular complexity index is 671. The predicted octanol–water partition coefficient (Wildman–Crippen LogP) is 2.97. The van der Waals surface area contributed by atoms with Gasteiger partial charge in [-0.2, -0.15) is 0 Å². The van der Waals surface area contributed by atoms with Gasteiger partial charge in [-0.05, 0) is 6.07 Å². The van der Waals surface area contributed by atoms with E-state index in [1.54, 1.807) is 0 Å². The molecule has 1 heterocycles. The first kappa shape index (κ1) is 17.3. The van der Waals surface area contributed by atoms with E-state index < -0.39 is 59.3 Å². The first-order valence-corrected chi connectivity index (χ1v) is 6.71. The molecule has 1 aliphatic rings. The van der Waals surface area contributed by atoms with Crippen LogP contribution in [0.2, 0.25) is 5.02 Å². The zero-order chi connectivity index (χ0) is 17.5. The van der Waals surface area contributed by atoms with Crippen LogP contribution in [0.25, 0.3) is 0 Å². The van der Waals surface area contributed by atoms with Crippen molar-refractivity contribution in [3.63, 3.8) is 0 Å². The molecule has 0 spiro atoms. The van der Waals surface area contributed by atoms with E-state index in [1.807, 2.05) is 0 Å². The fourth-order valence-electron chi connectivity index (χ4n) is 2.35. The molecule has 0 saturated carbocycles. The zero-order valence-electron chi connectivity index (χ0n) is 11.7. The van der Waals surface area contributed by atoms with Gasteiger partial charge in [0.25, 0.3) is 5.92 Å². The van der Waals surface area contributed by atoms with Crippen LogP contribution < -0.4 is 4.90 Å². The van der Waals surface area contributed by atoms with Crippen LogP contribution in [0.3, 0.4) is 0 Å². The van der Waals surface area contributed by atoms with Gasteiger partial charge < -0.3 is 10.0 Å². The summed E-state index contributed by atoms with van der Waals surface area (Å²) in [6, 6.07) is -0.405. The van der Waals surface area contributed by atoms with Gasteiger partial charge in [0.05, 0.1) is 17.3 Å². The number of carbonyl (C=O) groups excluding carboxylic acids is 1. The van der Waals surface area contributed by atoms with Crippen LogP contribution in [0.5, 0.6) is 0 Å². The van der Waals surface area contributed by atoms with E-state index >= 15 is 0 Å². The number of likely N-dealkylation sites (tertiary alicyclic amines) is 1.